The topological polar surface area (TPSA) is 164 Å². The Morgan fingerprint density at radius 3 is 2.39 bits per heavy atom. The number of nitrogens with zero attached hydrogens (tertiary/aromatic N) is 5. The monoisotopic (exact) mass is 477 g/mol. The van der Waals surface area contributed by atoms with Gasteiger partial charge in [-0.1, -0.05) is 11.2 Å². The SMILES string of the molecule is Cc1noc(C)c1S(=O)(=O)N1CCN(C(=O)CN2C(=O)c3cccc([N+](=O)[O-])c3C2=O)CC1. The fourth-order valence-electron chi connectivity index (χ4n) is 4.00. The molecule has 0 bridgehead atoms. The van der Waals surface area contributed by atoms with Crippen LogP contribution in [-0.4, -0.2) is 83.0 Å². The number of sulfonamides is 1. The van der Waals surface area contributed by atoms with Crippen LogP contribution in [0.5, 0.6) is 0 Å². The fraction of sp³-hybridized carbons (Fsp3) is 0.368. The van der Waals surface area contributed by atoms with E-state index in [2.05, 4.69) is 5.16 Å². The highest BCUT2D eigenvalue weighted by Gasteiger charge is 2.42. The highest BCUT2D eigenvalue weighted by molar-refractivity contribution is 7.89. The van der Waals surface area contributed by atoms with Crippen LogP contribution in [0, 0.1) is 24.0 Å². The third-order valence-corrected chi connectivity index (χ3v) is 7.77. The number of amides is 3. The molecule has 4 rings (SSSR count). The maximum atomic E-state index is 12.9. The number of carbonyl (C=O) groups is 3. The summed E-state index contributed by atoms with van der Waals surface area (Å²) < 4.78 is 32.0. The molecule has 1 aromatic heterocycles. The van der Waals surface area contributed by atoms with Crippen LogP contribution >= 0.6 is 0 Å². The van der Waals surface area contributed by atoms with Crippen LogP contribution in [0.1, 0.15) is 32.2 Å². The molecule has 1 aromatic carbocycles. The molecule has 0 radical (unpaired) electrons. The van der Waals surface area contributed by atoms with E-state index in [1.54, 1.807) is 0 Å². The van der Waals surface area contributed by atoms with Gasteiger partial charge in [0, 0.05) is 32.2 Å². The second-order valence-electron chi connectivity index (χ2n) is 7.59. The Hall–Kier alpha value is -3.65. The quantitative estimate of drug-likeness (QED) is 0.335. The third kappa shape index (κ3) is 3.66. The molecule has 0 unspecified atom stereocenters. The van der Waals surface area contributed by atoms with Crippen LogP contribution in [0.15, 0.2) is 27.6 Å². The molecule has 3 heterocycles. The number of nitro benzene ring substituents is 1. The van der Waals surface area contributed by atoms with Crippen molar-refractivity contribution < 1.29 is 32.2 Å². The molecule has 33 heavy (non-hydrogen) atoms. The van der Waals surface area contributed by atoms with Crippen LogP contribution in [-0.2, 0) is 14.8 Å². The summed E-state index contributed by atoms with van der Waals surface area (Å²) in [6.45, 7) is 2.53. The van der Waals surface area contributed by atoms with Crippen molar-refractivity contribution in [2.45, 2.75) is 18.7 Å². The summed E-state index contributed by atoms with van der Waals surface area (Å²) >= 11 is 0. The number of hydrogen-bond acceptors (Lipinski definition) is 9. The molecule has 0 spiro atoms. The van der Waals surface area contributed by atoms with E-state index in [1.807, 2.05) is 0 Å². The maximum absolute atomic E-state index is 12.9. The van der Waals surface area contributed by atoms with Gasteiger partial charge >= 0.3 is 0 Å². The lowest BCUT2D eigenvalue weighted by Gasteiger charge is -2.34. The summed E-state index contributed by atoms with van der Waals surface area (Å²) in [7, 11) is -3.86. The van der Waals surface area contributed by atoms with E-state index in [9.17, 15) is 32.9 Å². The van der Waals surface area contributed by atoms with Gasteiger partial charge in [-0.25, -0.2) is 8.42 Å². The zero-order chi connectivity index (χ0) is 24.1. The molecule has 0 saturated carbocycles. The van der Waals surface area contributed by atoms with Crippen molar-refractivity contribution in [3.8, 4) is 0 Å². The van der Waals surface area contributed by atoms with E-state index in [0.717, 1.165) is 6.07 Å². The second-order valence-corrected chi connectivity index (χ2v) is 9.47. The standard InChI is InChI=1S/C19H19N5O8S/c1-11-17(12(2)32-20-11)33(30,31)22-8-6-21(7-9-22)15(25)10-23-18(26)13-4-3-5-14(24(28)29)16(13)19(23)27/h3-5H,6-10H2,1-2H3. The molecule has 0 atom stereocenters. The number of aromatic nitrogens is 1. The van der Waals surface area contributed by atoms with Gasteiger partial charge in [0.25, 0.3) is 17.5 Å². The Morgan fingerprint density at radius 1 is 1.15 bits per heavy atom. The van der Waals surface area contributed by atoms with Gasteiger partial charge < -0.3 is 9.42 Å². The van der Waals surface area contributed by atoms with Gasteiger partial charge in [0.1, 0.15) is 22.7 Å². The van der Waals surface area contributed by atoms with Gasteiger partial charge in [0.2, 0.25) is 15.9 Å². The van der Waals surface area contributed by atoms with Gasteiger partial charge in [-0.3, -0.25) is 29.4 Å². The Morgan fingerprint density at radius 2 is 1.82 bits per heavy atom. The summed E-state index contributed by atoms with van der Waals surface area (Å²) in [6, 6.07) is 3.71. The van der Waals surface area contributed by atoms with Crippen LogP contribution in [0.3, 0.4) is 0 Å². The minimum atomic E-state index is -3.86. The Kier molecular flexibility index (Phi) is 5.49. The Labute approximate surface area is 187 Å². The highest BCUT2D eigenvalue weighted by Crippen LogP contribution is 2.31. The Bertz CT molecular complexity index is 1270. The summed E-state index contributed by atoms with van der Waals surface area (Å²) in [5.41, 5.74) is -0.724. The van der Waals surface area contributed by atoms with Crippen molar-refractivity contribution in [1.82, 2.24) is 19.3 Å². The third-order valence-electron chi connectivity index (χ3n) is 5.62. The number of hydrogen-bond donors (Lipinski definition) is 0. The average Bonchev–Trinajstić information content (AvgIpc) is 3.25. The van der Waals surface area contributed by atoms with E-state index in [-0.39, 0.29) is 53.7 Å². The van der Waals surface area contributed by atoms with Crippen molar-refractivity contribution in [2.75, 3.05) is 32.7 Å². The molecule has 14 heteroatoms. The van der Waals surface area contributed by atoms with Crippen molar-refractivity contribution >= 4 is 33.4 Å². The number of aryl methyl sites for hydroxylation is 2. The second kappa shape index (κ2) is 8.04. The minimum absolute atomic E-state index is 0.00473. The molecule has 2 aliphatic rings. The number of fused-ring (bicyclic) bond motifs is 1. The van der Waals surface area contributed by atoms with Crippen LogP contribution < -0.4 is 0 Å². The molecule has 1 saturated heterocycles. The first-order valence-electron chi connectivity index (χ1n) is 9.88. The van der Waals surface area contributed by atoms with Crippen LogP contribution in [0.4, 0.5) is 5.69 Å². The van der Waals surface area contributed by atoms with Gasteiger partial charge in [-0.05, 0) is 19.9 Å². The summed E-state index contributed by atoms with van der Waals surface area (Å²) in [4.78, 5) is 50.5. The number of imide groups is 1. The zero-order valence-electron chi connectivity index (χ0n) is 17.7. The first-order chi connectivity index (χ1) is 15.5. The predicted molar refractivity (Wildman–Crippen MR) is 110 cm³/mol. The minimum Gasteiger partial charge on any atom is -0.360 e. The predicted octanol–water partition coefficient (Wildman–Crippen LogP) is 0.329. The number of nitro groups is 1. The lowest BCUT2D eigenvalue weighted by Crippen LogP contribution is -2.53. The molecule has 1 fully saturated rings. The van der Waals surface area contributed by atoms with Gasteiger partial charge in [0.15, 0.2) is 5.76 Å². The zero-order valence-corrected chi connectivity index (χ0v) is 18.5. The normalized spacial score (nSPS) is 16.9. The number of carbonyl (C=O) groups excluding carboxylic acids is 3. The fourth-order valence-corrected chi connectivity index (χ4v) is 5.71. The van der Waals surface area contributed by atoms with E-state index < -0.39 is 44.9 Å². The molecule has 0 aliphatic carbocycles. The molecular formula is C19H19N5O8S. The lowest BCUT2D eigenvalue weighted by molar-refractivity contribution is -0.385. The first-order valence-corrected chi connectivity index (χ1v) is 11.3. The van der Waals surface area contributed by atoms with E-state index >= 15 is 0 Å². The molecule has 13 nitrogen and oxygen atoms in total. The Balaban J connectivity index is 1.44. The van der Waals surface area contributed by atoms with E-state index in [1.165, 1.54) is 35.2 Å². The van der Waals surface area contributed by atoms with E-state index in [0.29, 0.717) is 4.90 Å². The molecule has 174 valence electrons. The van der Waals surface area contributed by atoms with Crippen molar-refractivity contribution in [2.24, 2.45) is 0 Å². The summed E-state index contributed by atoms with van der Waals surface area (Å²) in [6.07, 6.45) is 0. The van der Waals surface area contributed by atoms with Crippen LogP contribution in [0.25, 0.3) is 0 Å². The van der Waals surface area contributed by atoms with Crippen molar-refractivity contribution in [3.63, 3.8) is 0 Å². The molecule has 2 aromatic rings. The molecule has 0 N–H and O–H groups in total. The molecule has 3 amide bonds. The van der Waals surface area contributed by atoms with Crippen molar-refractivity contribution in [3.05, 3.63) is 50.9 Å². The van der Waals surface area contributed by atoms with Gasteiger partial charge in [-0.2, -0.15) is 4.31 Å². The lowest BCUT2D eigenvalue weighted by atomic mass is 10.1. The first kappa shape index (κ1) is 22.5. The summed E-state index contributed by atoms with van der Waals surface area (Å²) in [5, 5.41) is 14.9. The maximum Gasteiger partial charge on any atom is 0.282 e. The smallest absolute Gasteiger partial charge is 0.282 e. The summed E-state index contributed by atoms with van der Waals surface area (Å²) in [5.74, 6) is -2.09. The molecular weight excluding hydrogens is 458 g/mol. The average molecular weight is 477 g/mol. The van der Waals surface area contributed by atoms with Crippen molar-refractivity contribution in [1.29, 1.82) is 0 Å². The molecule has 2 aliphatic heterocycles. The number of benzene rings is 1. The highest BCUT2D eigenvalue weighted by atomic mass is 32.2. The number of piperazine rings is 1. The number of rotatable bonds is 5. The van der Waals surface area contributed by atoms with E-state index in [4.69, 9.17) is 4.52 Å². The van der Waals surface area contributed by atoms with Gasteiger partial charge in [0.05, 0.1) is 10.5 Å². The van der Waals surface area contributed by atoms with Crippen LogP contribution in [0.2, 0.25) is 0 Å². The largest absolute Gasteiger partial charge is 0.360 e. The van der Waals surface area contributed by atoms with Gasteiger partial charge in [-0.15, -0.1) is 0 Å².